The minimum absolute atomic E-state index is 0.0295. The lowest BCUT2D eigenvalue weighted by Crippen LogP contribution is -2.51. The zero-order valence-corrected chi connectivity index (χ0v) is 19.4. The number of amides is 3. The molecule has 0 atom stereocenters. The molecule has 2 heterocycles. The Morgan fingerprint density at radius 3 is 2.48 bits per heavy atom. The van der Waals surface area contributed by atoms with Gasteiger partial charge in [0.05, 0.1) is 0 Å². The number of nitrogens with zero attached hydrogens (tertiary/aromatic N) is 3. The van der Waals surface area contributed by atoms with Gasteiger partial charge in [0.25, 0.3) is 5.56 Å². The van der Waals surface area contributed by atoms with Gasteiger partial charge < -0.3 is 20.1 Å². The summed E-state index contributed by atoms with van der Waals surface area (Å²) in [5.41, 5.74) is 2.59. The predicted molar refractivity (Wildman–Crippen MR) is 123 cm³/mol. The number of nitrogens with one attached hydrogen (secondary N) is 2. The molecule has 0 radical (unpaired) electrons. The van der Waals surface area contributed by atoms with Gasteiger partial charge in [0.15, 0.2) is 5.16 Å². The van der Waals surface area contributed by atoms with Crippen LogP contribution in [-0.4, -0.2) is 64.1 Å². The Labute approximate surface area is 190 Å². The number of benzene rings is 1. The maximum absolute atomic E-state index is 12.6. The van der Waals surface area contributed by atoms with E-state index in [-0.39, 0.29) is 23.9 Å². The molecule has 1 saturated heterocycles. The largest absolute Gasteiger partial charge is 0.339 e. The van der Waals surface area contributed by atoms with Crippen molar-refractivity contribution in [1.29, 1.82) is 0 Å². The second kappa shape index (κ2) is 10.2. The van der Waals surface area contributed by atoms with Gasteiger partial charge in [-0.3, -0.25) is 9.59 Å². The lowest BCUT2D eigenvalue weighted by molar-refractivity contribution is -0.132. The summed E-state index contributed by atoms with van der Waals surface area (Å²) in [6, 6.07) is 5.17. The van der Waals surface area contributed by atoms with Crippen LogP contribution >= 0.6 is 23.4 Å². The molecule has 0 saturated carbocycles. The number of urea groups is 1. The third kappa shape index (κ3) is 5.80. The highest BCUT2D eigenvalue weighted by Gasteiger charge is 2.24. The average Bonchev–Trinajstić information content (AvgIpc) is 2.75. The van der Waals surface area contributed by atoms with E-state index in [0.29, 0.717) is 59.7 Å². The zero-order chi connectivity index (χ0) is 22.5. The summed E-state index contributed by atoms with van der Waals surface area (Å²) in [6.45, 7) is 5.49. The van der Waals surface area contributed by atoms with Crippen molar-refractivity contribution in [3.63, 3.8) is 0 Å². The highest BCUT2D eigenvalue weighted by atomic mass is 35.5. The Morgan fingerprint density at radius 1 is 1.19 bits per heavy atom. The number of anilines is 1. The molecule has 3 amide bonds. The quantitative estimate of drug-likeness (QED) is 0.524. The van der Waals surface area contributed by atoms with Gasteiger partial charge in [0.2, 0.25) is 5.91 Å². The molecular weight excluding hydrogens is 438 g/mol. The Kier molecular flexibility index (Phi) is 7.61. The summed E-state index contributed by atoms with van der Waals surface area (Å²) in [4.78, 5) is 47.8. The monoisotopic (exact) mass is 463 g/mol. The van der Waals surface area contributed by atoms with Gasteiger partial charge in [-0.15, -0.1) is 0 Å². The van der Waals surface area contributed by atoms with E-state index in [1.54, 1.807) is 22.8 Å². The molecule has 1 fully saturated rings. The number of aromatic nitrogens is 2. The third-order valence-corrected chi connectivity index (χ3v) is 6.31. The first-order valence-corrected chi connectivity index (χ1v) is 11.6. The number of H-pyrrole nitrogens is 1. The second-order valence-corrected chi connectivity index (χ2v) is 8.60. The van der Waals surface area contributed by atoms with Crippen LogP contribution in [-0.2, 0) is 11.2 Å². The summed E-state index contributed by atoms with van der Waals surface area (Å²) in [6.07, 6.45) is 2.42. The molecular formula is C21H26ClN5O3S. The molecule has 1 aliphatic heterocycles. The van der Waals surface area contributed by atoms with Gasteiger partial charge >= 0.3 is 6.03 Å². The maximum atomic E-state index is 12.6. The van der Waals surface area contributed by atoms with Gasteiger partial charge in [0.1, 0.15) is 0 Å². The Hall–Kier alpha value is -2.52. The van der Waals surface area contributed by atoms with Gasteiger partial charge in [-0.05, 0) is 44.2 Å². The van der Waals surface area contributed by atoms with Crippen molar-refractivity contribution >= 4 is 41.0 Å². The topological polar surface area (TPSA) is 98.4 Å². The number of carbonyl (C=O) groups is 2. The lowest BCUT2D eigenvalue weighted by Gasteiger charge is -2.34. The molecule has 1 aromatic carbocycles. The summed E-state index contributed by atoms with van der Waals surface area (Å²) < 4.78 is 0. The first-order valence-electron chi connectivity index (χ1n) is 10.0. The van der Waals surface area contributed by atoms with Crippen LogP contribution in [0.5, 0.6) is 0 Å². The van der Waals surface area contributed by atoms with Crippen molar-refractivity contribution in [2.75, 3.05) is 37.8 Å². The number of halogens is 1. The average molecular weight is 464 g/mol. The van der Waals surface area contributed by atoms with Crippen LogP contribution in [0.2, 0.25) is 5.02 Å². The zero-order valence-electron chi connectivity index (χ0n) is 17.8. The summed E-state index contributed by atoms with van der Waals surface area (Å²) in [7, 11) is 0. The van der Waals surface area contributed by atoms with E-state index in [9.17, 15) is 14.4 Å². The number of piperazine rings is 1. The van der Waals surface area contributed by atoms with Crippen LogP contribution in [0.3, 0.4) is 0 Å². The van der Waals surface area contributed by atoms with Crippen LogP contribution in [0.25, 0.3) is 0 Å². The second-order valence-electron chi connectivity index (χ2n) is 7.40. The highest BCUT2D eigenvalue weighted by molar-refractivity contribution is 7.98. The van der Waals surface area contributed by atoms with Crippen LogP contribution in [0.1, 0.15) is 23.2 Å². The van der Waals surface area contributed by atoms with Gasteiger partial charge in [-0.1, -0.05) is 29.4 Å². The molecule has 2 aromatic rings. The molecule has 1 aliphatic rings. The Bertz CT molecular complexity index is 1030. The van der Waals surface area contributed by atoms with E-state index in [1.165, 1.54) is 11.8 Å². The smallest absolute Gasteiger partial charge is 0.321 e. The molecule has 0 aliphatic carbocycles. The molecule has 0 spiro atoms. The number of carbonyl (C=O) groups excluding carboxylic acids is 2. The predicted octanol–water partition coefficient (Wildman–Crippen LogP) is 3.07. The standard InChI is InChI=1S/C21H26ClN5O3S/c1-13-4-5-15(12-17(13)22)24-21(30)27-10-8-26(9-11-27)18(28)7-6-16-14(2)23-20(31-3)25-19(16)29/h4-5,12H,6-11H2,1-3H3,(H,24,30)(H,23,25,29). The van der Waals surface area contributed by atoms with E-state index in [1.807, 2.05) is 25.3 Å². The van der Waals surface area contributed by atoms with Gasteiger partial charge in [-0.2, -0.15) is 0 Å². The minimum Gasteiger partial charge on any atom is -0.339 e. The van der Waals surface area contributed by atoms with E-state index in [2.05, 4.69) is 15.3 Å². The number of thioether (sulfide) groups is 1. The van der Waals surface area contributed by atoms with Crippen LogP contribution < -0.4 is 10.9 Å². The Morgan fingerprint density at radius 2 is 1.87 bits per heavy atom. The molecule has 0 unspecified atom stereocenters. The van der Waals surface area contributed by atoms with Crippen LogP contribution in [0, 0.1) is 13.8 Å². The van der Waals surface area contributed by atoms with Crippen molar-refractivity contribution in [2.24, 2.45) is 0 Å². The lowest BCUT2D eigenvalue weighted by atomic mass is 10.1. The molecule has 3 rings (SSSR count). The van der Waals surface area contributed by atoms with Gasteiger partial charge in [-0.25, -0.2) is 9.78 Å². The Balaban J connectivity index is 1.50. The molecule has 10 heteroatoms. The number of hydrogen-bond acceptors (Lipinski definition) is 5. The molecule has 166 valence electrons. The number of aromatic amines is 1. The molecule has 8 nitrogen and oxygen atoms in total. The van der Waals surface area contributed by atoms with E-state index >= 15 is 0 Å². The summed E-state index contributed by atoms with van der Waals surface area (Å²) >= 11 is 7.48. The van der Waals surface area contributed by atoms with Crippen LogP contribution in [0.4, 0.5) is 10.5 Å². The fourth-order valence-corrected chi connectivity index (χ4v) is 4.00. The third-order valence-electron chi connectivity index (χ3n) is 5.33. The molecule has 2 N–H and O–H groups in total. The van der Waals surface area contributed by atoms with Gasteiger partial charge in [0, 0.05) is 54.6 Å². The van der Waals surface area contributed by atoms with E-state index < -0.39 is 0 Å². The first kappa shape index (κ1) is 23.1. The van der Waals surface area contributed by atoms with Crippen LogP contribution in [0.15, 0.2) is 28.2 Å². The van der Waals surface area contributed by atoms with Crippen molar-refractivity contribution in [1.82, 2.24) is 19.8 Å². The molecule has 0 bridgehead atoms. The minimum atomic E-state index is -0.214. The maximum Gasteiger partial charge on any atom is 0.321 e. The fraction of sp³-hybridized carbons (Fsp3) is 0.429. The molecule has 1 aromatic heterocycles. The number of hydrogen-bond donors (Lipinski definition) is 2. The fourth-order valence-electron chi connectivity index (χ4n) is 3.40. The van der Waals surface area contributed by atoms with Crippen molar-refractivity contribution in [3.05, 3.63) is 50.4 Å². The van der Waals surface area contributed by atoms with E-state index in [4.69, 9.17) is 11.6 Å². The number of rotatable bonds is 5. The summed E-state index contributed by atoms with van der Waals surface area (Å²) in [5, 5.41) is 4.01. The normalized spacial score (nSPS) is 13.9. The highest BCUT2D eigenvalue weighted by Crippen LogP contribution is 2.20. The SMILES string of the molecule is CSc1nc(C)c(CCC(=O)N2CCN(C(=O)Nc3ccc(C)c(Cl)c3)CC2)c(=O)[nH]1. The first-order chi connectivity index (χ1) is 14.8. The summed E-state index contributed by atoms with van der Waals surface area (Å²) in [5.74, 6) is -0.0295. The van der Waals surface area contributed by atoms with E-state index in [0.717, 1.165) is 5.56 Å². The molecule has 31 heavy (non-hydrogen) atoms. The van der Waals surface area contributed by atoms with Crippen molar-refractivity contribution in [2.45, 2.75) is 31.8 Å². The van der Waals surface area contributed by atoms with Crippen molar-refractivity contribution < 1.29 is 9.59 Å². The number of aryl methyl sites for hydroxylation is 2. The van der Waals surface area contributed by atoms with Crippen molar-refractivity contribution in [3.8, 4) is 0 Å².